The zero-order valence-electron chi connectivity index (χ0n) is 10.9. The van der Waals surface area contributed by atoms with Crippen LogP contribution in [0.4, 0.5) is 0 Å². The van der Waals surface area contributed by atoms with Crippen molar-refractivity contribution in [3.63, 3.8) is 0 Å². The molecular weight excluding hydrogens is 272 g/mol. The van der Waals surface area contributed by atoms with Crippen LogP contribution in [0.1, 0.15) is 31.8 Å². The number of esters is 1. The zero-order valence-corrected chi connectivity index (χ0v) is 11.7. The van der Waals surface area contributed by atoms with E-state index < -0.39 is 5.97 Å². The van der Waals surface area contributed by atoms with Gasteiger partial charge in [-0.3, -0.25) is 4.79 Å². The van der Waals surface area contributed by atoms with Crippen LogP contribution in [0, 0.1) is 11.8 Å². The van der Waals surface area contributed by atoms with Gasteiger partial charge in [-0.2, -0.15) is 0 Å². The van der Waals surface area contributed by atoms with Crippen LogP contribution in [0.5, 0.6) is 0 Å². The van der Waals surface area contributed by atoms with Crippen LogP contribution in [0.25, 0.3) is 0 Å². The summed E-state index contributed by atoms with van der Waals surface area (Å²) in [4.78, 5) is 24.2. The molecule has 100 valence electrons. The molecule has 0 aliphatic carbocycles. The summed E-state index contributed by atoms with van der Waals surface area (Å²) in [6, 6.07) is 12.3. The summed E-state index contributed by atoms with van der Waals surface area (Å²) in [5.74, 6) is 5.26. The molecule has 0 saturated carbocycles. The summed E-state index contributed by atoms with van der Waals surface area (Å²) in [5, 5.41) is 0. The van der Waals surface area contributed by atoms with Crippen molar-refractivity contribution < 1.29 is 14.3 Å². The van der Waals surface area contributed by atoms with E-state index in [1.54, 1.807) is 36.4 Å². The Bertz CT molecular complexity index is 674. The molecule has 20 heavy (non-hydrogen) atoms. The highest BCUT2D eigenvalue weighted by molar-refractivity contribution is 7.14. The minimum atomic E-state index is -0.393. The Morgan fingerprint density at radius 3 is 2.55 bits per heavy atom. The molecular formula is C16H12O3S. The summed E-state index contributed by atoms with van der Waals surface area (Å²) >= 11 is 1.33. The van der Waals surface area contributed by atoms with Crippen molar-refractivity contribution in [3.05, 3.63) is 57.8 Å². The van der Waals surface area contributed by atoms with Crippen molar-refractivity contribution in [2.24, 2.45) is 0 Å². The van der Waals surface area contributed by atoms with Crippen LogP contribution in [0.2, 0.25) is 0 Å². The Balaban J connectivity index is 1.88. The number of ketones is 1. The molecule has 0 aliphatic heterocycles. The fourth-order valence-corrected chi connectivity index (χ4v) is 2.25. The van der Waals surface area contributed by atoms with Gasteiger partial charge in [0.1, 0.15) is 0 Å². The van der Waals surface area contributed by atoms with Crippen molar-refractivity contribution in [2.75, 3.05) is 6.61 Å². The molecule has 0 atom stereocenters. The molecule has 2 rings (SSSR count). The summed E-state index contributed by atoms with van der Waals surface area (Å²) in [6.07, 6.45) is 0. The van der Waals surface area contributed by atoms with Crippen LogP contribution in [0.15, 0.2) is 42.5 Å². The average molecular weight is 284 g/mol. The van der Waals surface area contributed by atoms with Crippen LogP contribution in [0.3, 0.4) is 0 Å². The smallest absolute Gasteiger partial charge is 0.339 e. The molecule has 1 aromatic carbocycles. The van der Waals surface area contributed by atoms with E-state index in [-0.39, 0.29) is 12.4 Å². The SMILES string of the molecule is CC(=O)c1ccc(C#CCOC(=O)c2ccccc2)s1. The van der Waals surface area contributed by atoms with Gasteiger partial charge in [-0.1, -0.05) is 30.0 Å². The van der Waals surface area contributed by atoms with Crippen molar-refractivity contribution in [3.8, 4) is 11.8 Å². The zero-order chi connectivity index (χ0) is 14.4. The molecule has 1 heterocycles. The first-order chi connectivity index (χ1) is 9.66. The third-order valence-corrected chi connectivity index (χ3v) is 3.55. The first-order valence-electron chi connectivity index (χ1n) is 5.98. The molecule has 3 nitrogen and oxygen atoms in total. The minimum Gasteiger partial charge on any atom is -0.449 e. The Kier molecular flexibility index (Phi) is 4.70. The van der Waals surface area contributed by atoms with Gasteiger partial charge in [-0.15, -0.1) is 11.3 Å². The monoisotopic (exact) mass is 284 g/mol. The minimum absolute atomic E-state index is 0.0264. The number of benzene rings is 1. The normalized spacial score (nSPS) is 9.45. The Labute approximate surface area is 121 Å². The fraction of sp³-hybridized carbons (Fsp3) is 0.125. The molecule has 1 aromatic heterocycles. The number of hydrogen-bond donors (Lipinski definition) is 0. The molecule has 2 aromatic rings. The lowest BCUT2D eigenvalue weighted by Gasteiger charge is -1.99. The van der Waals surface area contributed by atoms with Gasteiger partial charge in [-0.25, -0.2) is 4.79 Å². The lowest BCUT2D eigenvalue weighted by atomic mass is 10.2. The molecule has 0 unspecified atom stereocenters. The Hall–Kier alpha value is -2.38. The molecule has 0 saturated heterocycles. The standard InChI is InChI=1S/C16H12O3S/c1-12(17)15-10-9-14(20-15)8-5-11-19-16(18)13-6-3-2-4-7-13/h2-4,6-7,9-10H,11H2,1H3. The van der Waals surface area contributed by atoms with Crippen molar-refractivity contribution >= 4 is 23.1 Å². The van der Waals surface area contributed by atoms with Crippen LogP contribution >= 0.6 is 11.3 Å². The molecule has 0 spiro atoms. The highest BCUT2D eigenvalue weighted by Crippen LogP contribution is 2.15. The van der Waals surface area contributed by atoms with Gasteiger partial charge in [0.2, 0.25) is 0 Å². The molecule has 0 radical (unpaired) electrons. The molecule has 0 N–H and O–H groups in total. The lowest BCUT2D eigenvalue weighted by molar-refractivity contribution is 0.0556. The van der Waals surface area contributed by atoms with E-state index in [1.807, 2.05) is 6.07 Å². The molecule has 0 aliphatic rings. The van der Waals surface area contributed by atoms with Gasteiger partial charge in [0.25, 0.3) is 0 Å². The van der Waals surface area contributed by atoms with Gasteiger partial charge >= 0.3 is 5.97 Å². The molecule has 0 fully saturated rings. The second-order valence-electron chi connectivity index (χ2n) is 3.96. The quantitative estimate of drug-likeness (QED) is 0.494. The van der Waals surface area contributed by atoms with Crippen LogP contribution in [-0.4, -0.2) is 18.4 Å². The largest absolute Gasteiger partial charge is 0.449 e. The predicted molar refractivity (Wildman–Crippen MR) is 77.9 cm³/mol. The number of thiophene rings is 1. The van der Waals surface area contributed by atoms with Gasteiger partial charge in [0.15, 0.2) is 12.4 Å². The van der Waals surface area contributed by atoms with E-state index in [2.05, 4.69) is 11.8 Å². The van der Waals surface area contributed by atoms with E-state index in [0.717, 1.165) is 4.88 Å². The lowest BCUT2D eigenvalue weighted by Crippen LogP contribution is -2.04. The van der Waals surface area contributed by atoms with Gasteiger partial charge in [0.05, 0.1) is 15.3 Å². The summed E-state index contributed by atoms with van der Waals surface area (Å²) in [7, 11) is 0. The first kappa shape index (κ1) is 14.0. The van der Waals surface area contributed by atoms with Gasteiger partial charge < -0.3 is 4.74 Å². The van der Waals surface area contributed by atoms with Crippen molar-refractivity contribution in [2.45, 2.75) is 6.92 Å². The molecule has 4 heteroatoms. The highest BCUT2D eigenvalue weighted by Gasteiger charge is 2.04. The topological polar surface area (TPSA) is 43.4 Å². The number of carbonyl (C=O) groups is 2. The number of Topliss-reactive ketones (excluding diaryl/α,β-unsaturated/α-hetero) is 1. The number of hydrogen-bond acceptors (Lipinski definition) is 4. The number of carbonyl (C=O) groups excluding carboxylic acids is 2. The van der Waals surface area contributed by atoms with Gasteiger partial charge in [0, 0.05) is 0 Å². The van der Waals surface area contributed by atoms with Crippen LogP contribution in [-0.2, 0) is 4.74 Å². The Morgan fingerprint density at radius 1 is 1.15 bits per heavy atom. The number of rotatable bonds is 3. The van der Waals surface area contributed by atoms with E-state index in [0.29, 0.717) is 10.4 Å². The maximum atomic E-state index is 11.6. The fourth-order valence-electron chi connectivity index (χ4n) is 1.48. The first-order valence-corrected chi connectivity index (χ1v) is 6.80. The van der Waals surface area contributed by atoms with E-state index >= 15 is 0 Å². The maximum Gasteiger partial charge on any atom is 0.339 e. The average Bonchev–Trinajstić information content (AvgIpc) is 2.93. The highest BCUT2D eigenvalue weighted by atomic mass is 32.1. The molecule has 0 amide bonds. The van der Waals surface area contributed by atoms with Gasteiger partial charge in [-0.05, 0) is 31.2 Å². The second kappa shape index (κ2) is 6.69. The predicted octanol–water partition coefficient (Wildman–Crippen LogP) is 3.16. The third-order valence-electron chi connectivity index (χ3n) is 2.45. The summed E-state index contributed by atoms with van der Waals surface area (Å²) in [5.41, 5.74) is 0.504. The van der Waals surface area contributed by atoms with Crippen molar-refractivity contribution in [1.82, 2.24) is 0 Å². The number of ether oxygens (including phenoxy) is 1. The van der Waals surface area contributed by atoms with E-state index in [1.165, 1.54) is 18.3 Å². The van der Waals surface area contributed by atoms with Crippen molar-refractivity contribution in [1.29, 1.82) is 0 Å². The maximum absolute atomic E-state index is 11.6. The summed E-state index contributed by atoms with van der Waals surface area (Å²) in [6.45, 7) is 1.55. The Morgan fingerprint density at radius 2 is 1.90 bits per heavy atom. The summed E-state index contributed by atoms with van der Waals surface area (Å²) < 4.78 is 5.03. The van der Waals surface area contributed by atoms with E-state index in [9.17, 15) is 9.59 Å². The molecule has 0 bridgehead atoms. The third kappa shape index (κ3) is 3.81. The van der Waals surface area contributed by atoms with Crippen LogP contribution < -0.4 is 0 Å². The second-order valence-corrected chi connectivity index (χ2v) is 5.05. The van der Waals surface area contributed by atoms with E-state index in [4.69, 9.17) is 4.74 Å².